The number of para-hydroxylation sites is 1. The topological polar surface area (TPSA) is 30.1 Å². The van der Waals surface area contributed by atoms with Crippen LogP contribution in [0.5, 0.6) is 5.88 Å². The fourth-order valence-corrected chi connectivity index (χ4v) is 3.74. The number of imidazole rings is 1. The first-order valence-corrected chi connectivity index (χ1v) is 9.28. The predicted octanol–water partition coefficient (Wildman–Crippen LogP) is 5.60. The van der Waals surface area contributed by atoms with E-state index in [1.54, 1.807) is 4.57 Å². The third-order valence-electron chi connectivity index (χ3n) is 4.71. The van der Waals surface area contributed by atoms with Gasteiger partial charge in [-0.05, 0) is 61.0 Å². The van der Waals surface area contributed by atoms with Crippen LogP contribution in [-0.4, -0.2) is 14.2 Å². The molecule has 0 amide bonds. The van der Waals surface area contributed by atoms with Crippen LogP contribution >= 0.6 is 12.2 Å². The molecule has 3 nitrogen and oxygen atoms in total. The lowest BCUT2D eigenvalue weighted by atomic mass is 10.0. The van der Waals surface area contributed by atoms with Crippen LogP contribution in [0.4, 0.5) is 0 Å². The standard InChI is InChI=1S/C23H20N2OS/c1-17-22(26)25(23(27)24(17)20-10-6-3-7-11-20)21-14-12-19(13-15-21)16-18-8-4-2-5-9-18/h2-15,26H,16H2,1H3. The minimum absolute atomic E-state index is 0.166. The van der Waals surface area contributed by atoms with Crippen LogP contribution < -0.4 is 0 Å². The maximum Gasteiger partial charge on any atom is 0.218 e. The van der Waals surface area contributed by atoms with Crippen molar-refractivity contribution in [3.05, 3.63) is 107 Å². The van der Waals surface area contributed by atoms with Crippen molar-refractivity contribution in [1.82, 2.24) is 9.13 Å². The normalized spacial score (nSPS) is 10.9. The monoisotopic (exact) mass is 372 g/mol. The smallest absolute Gasteiger partial charge is 0.218 e. The number of nitrogens with zero attached hydrogens (tertiary/aromatic N) is 2. The molecule has 0 spiro atoms. The van der Waals surface area contributed by atoms with Gasteiger partial charge in [0.2, 0.25) is 5.88 Å². The Balaban J connectivity index is 1.71. The Morgan fingerprint density at radius 3 is 1.85 bits per heavy atom. The second-order valence-electron chi connectivity index (χ2n) is 6.53. The number of rotatable bonds is 4. The number of aromatic hydroxyl groups is 1. The van der Waals surface area contributed by atoms with Crippen LogP contribution in [0.3, 0.4) is 0 Å². The quantitative estimate of drug-likeness (QED) is 0.473. The summed E-state index contributed by atoms with van der Waals surface area (Å²) in [6.07, 6.45) is 0.878. The number of hydrogen-bond donors (Lipinski definition) is 1. The first-order chi connectivity index (χ1) is 13.1. The molecule has 0 atom stereocenters. The van der Waals surface area contributed by atoms with Crippen molar-refractivity contribution in [2.24, 2.45) is 0 Å². The molecule has 4 heteroatoms. The third kappa shape index (κ3) is 3.32. The van der Waals surface area contributed by atoms with E-state index < -0.39 is 0 Å². The molecular formula is C23H20N2OS. The summed E-state index contributed by atoms with van der Waals surface area (Å²) < 4.78 is 4.15. The molecular weight excluding hydrogens is 352 g/mol. The SMILES string of the molecule is Cc1c(O)n(-c2ccc(Cc3ccccc3)cc2)c(=S)n1-c1ccccc1. The highest BCUT2D eigenvalue weighted by molar-refractivity contribution is 7.71. The summed E-state index contributed by atoms with van der Waals surface area (Å²) in [6.45, 7) is 1.87. The van der Waals surface area contributed by atoms with Crippen LogP contribution in [0, 0.1) is 11.7 Å². The van der Waals surface area contributed by atoms with E-state index in [9.17, 15) is 5.11 Å². The van der Waals surface area contributed by atoms with Gasteiger partial charge in [0.1, 0.15) is 0 Å². The fraction of sp³-hybridized carbons (Fsp3) is 0.0870. The molecule has 0 saturated carbocycles. The van der Waals surface area contributed by atoms with Crippen LogP contribution in [0.1, 0.15) is 16.8 Å². The minimum Gasteiger partial charge on any atom is -0.493 e. The first-order valence-electron chi connectivity index (χ1n) is 8.87. The molecule has 1 aromatic heterocycles. The maximum absolute atomic E-state index is 10.7. The van der Waals surface area contributed by atoms with Crippen LogP contribution in [0.25, 0.3) is 11.4 Å². The van der Waals surface area contributed by atoms with E-state index >= 15 is 0 Å². The Morgan fingerprint density at radius 2 is 1.22 bits per heavy atom. The zero-order valence-electron chi connectivity index (χ0n) is 15.0. The molecule has 0 bridgehead atoms. The lowest BCUT2D eigenvalue weighted by Crippen LogP contribution is -1.99. The van der Waals surface area contributed by atoms with E-state index in [4.69, 9.17) is 12.2 Å². The summed E-state index contributed by atoms with van der Waals surface area (Å²) in [6, 6.07) is 28.4. The van der Waals surface area contributed by atoms with E-state index in [0.717, 1.165) is 23.5 Å². The Kier molecular flexibility index (Phi) is 4.65. The van der Waals surface area contributed by atoms with Crippen LogP contribution in [0.2, 0.25) is 0 Å². The van der Waals surface area contributed by atoms with Crippen LogP contribution in [-0.2, 0) is 6.42 Å². The average molecular weight is 372 g/mol. The van der Waals surface area contributed by atoms with E-state index in [2.05, 4.69) is 36.4 Å². The molecule has 3 aromatic carbocycles. The lowest BCUT2D eigenvalue weighted by molar-refractivity contribution is 0.437. The van der Waals surface area contributed by atoms with Gasteiger partial charge in [0.25, 0.3) is 0 Å². The molecule has 4 aromatic rings. The maximum atomic E-state index is 10.7. The lowest BCUT2D eigenvalue weighted by Gasteiger charge is -2.07. The average Bonchev–Trinajstić information content (AvgIpc) is 2.93. The van der Waals surface area contributed by atoms with Gasteiger partial charge in [0, 0.05) is 5.69 Å². The third-order valence-corrected chi connectivity index (χ3v) is 5.08. The first kappa shape index (κ1) is 17.3. The minimum atomic E-state index is 0.166. The highest BCUT2D eigenvalue weighted by Crippen LogP contribution is 2.28. The molecule has 0 aliphatic heterocycles. The van der Waals surface area contributed by atoms with Gasteiger partial charge in [-0.2, -0.15) is 0 Å². The van der Waals surface area contributed by atoms with E-state index in [1.807, 2.05) is 60.0 Å². The summed E-state index contributed by atoms with van der Waals surface area (Å²) in [5.41, 5.74) is 5.01. The van der Waals surface area contributed by atoms with Crippen molar-refractivity contribution in [1.29, 1.82) is 0 Å². The molecule has 134 valence electrons. The second kappa shape index (κ2) is 7.25. The summed E-state index contributed by atoms with van der Waals surface area (Å²) in [4.78, 5) is 0. The molecule has 0 fully saturated rings. The second-order valence-corrected chi connectivity index (χ2v) is 6.89. The molecule has 0 aliphatic carbocycles. The largest absolute Gasteiger partial charge is 0.493 e. The highest BCUT2D eigenvalue weighted by Gasteiger charge is 2.16. The zero-order chi connectivity index (χ0) is 18.8. The van der Waals surface area contributed by atoms with Crippen molar-refractivity contribution >= 4 is 12.2 Å². The predicted molar refractivity (Wildman–Crippen MR) is 112 cm³/mol. The van der Waals surface area contributed by atoms with Crippen molar-refractivity contribution in [2.45, 2.75) is 13.3 Å². The van der Waals surface area contributed by atoms with Gasteiger partial charge >= 0.3 is 0 Å². The van der Waals surface area contributed by atoms with Crippen molar-refractivity contribution in [2.75, 3.05) is 0 Å². The van der Waals surface area contributed by atoms with Gasteiger partial charge in [-0.3, -0.25) is 9.13 Å². The molecule has 4 rings (SSSR count). The molecule has 0 radical (unpaired) electrons. The fourth-order valence-electron chi connectivity index (χ4n) is 3.30. The molecule has 27 heavy (non-hydrogen) atoms. The summed E-state index contributed by atoms with van der Waals surface area (Å²) in [5, 5.41) is 10.7. The molecule has 0 unspecified atom stereocenters. The van der Waals surface area contributed by atoms with Gasteiger partial charge < -0.3 is 5.11 Å². The highest BCUT2D eigenvalue weighted by atomic mass is 32.1. The van der Waals surface area contributed by atoms with E-state index in [1.165, 1.54) is 11.1 Å². The zero-order valence-corrected chi connectivity index (χ0v) is 15.9. The van der Waals surface area contributed by atoms with Crippen molar-refractivity contribution in [3.8, 4) is 17.3 Å². The Bertz CT molecular complexity index is 1110. The van der Waals surface area contributed by atoms with Crippen LogP contribution in [0.15, 0.2) is 84.9 Å². The summed E-state index contributed by atoms with van der Waals surface area (Å²) >= 11 is 5.67. The Hall–Kier alpha value is -3.11. The van der Waals surface area contributed by atoms with Gasteiger partial charge in [-0.1, -0.05) is 60.7 Å². The summed E-state index contributed by atoms with van der Waals surface area (Å²) in [5.74, 6) is 0.166. The van der Waals surface area contributed by atoms with E-state index in [-0.39, 0.29) is 5.88 Å². The number of aromatic nitrogens is 2. The summed E-state index contributed by atoms with van der Waals surface area (Å²) in [7, 11) is 0. The van der Waals surface area contributed by atoms with E-state index in [0.29, 0.717) is 4.77 Å². The van der Waals surface area contributed by atoms with Gasteiger partial charge in [-0.15, -0.1) is 0 Å². The molecule has 1 N–H and O–H groups in total. The van der Waals surface area contributed by atoms with Gasteiger partial charge in [0.15, 0.2) is 4.77 Å². The Morgan fingerprint density at radius 1 is 0.704 bits per heavy atom. The van der Waals surface area contributed by atoms with Gasteiger partial charge in [0.05, 0.1) is 11.4 Å². The van der Waals surface area contributed by atoms with Crippen molar-refractivity contribution < 1.29 is 5.11 Å². The molecule has 0 saturated heterocycles. The number of hydrogen-bond acceptors (Lipinski definition) is 2. The molecule has 1 heterocycles. The Labute approximate surface area is 163 Å². The molecule has 0 aliphatic rings. The van der Waals surface area contributed by atoms with Crippen molar-refractivity contribution in [3.63, 3.8) is 0 Å². The van der Waals surface area contributed by atoms with Gasteiger partial charge in [-0.25, -0.2) is 0 Å². The number of benzene rings is 3.